The molecule has 1 N–H and O–H groups in total. The molecule has 0 saturated heterocycles. The van der Waals surface area contributed by atoms with Crippen LogP contribution in [0.4, 0.5) is 0 Å². The third-order valence-corrected chi connectivity index (χ3v) is 5.88. The van der Waals surface area contributed by atoms with Crippen LogP contribution in [0.2, 0.25) is 0 Å². The molecule has 3 rings (SSSR count). The van der Waals surface area contributed by atoms with Crippen molar-refractivity contribution in [2.24, 2.45) is 5.10 Å². The van der Waals surface area contributed by atoms with Gasteiger partial charge in [0.25, 0.3) is 5.91 Å². The zero-order valence-electron chi connectivity index (χ0n) is 19.4. The quantitative estimate of drug-likeness (QED) is 0.172. The number of amides is 1. The number of hydrogen-bond acceptors (Lipinski definition) is 7. The van der Waals surface area contributed by atoms with Gasteiger partial charge in [-0.15, -0.1) is 11.3 Å². The third-order valence-electron chi connectivity index (χ3n) is 5.03. The highest BCUT2D eigenvalue weighted by Crippen LogP contribution is 2.29. The number of nitrogens with one attached hydrogen (secondary N) is 1. The molecule has 34 heavy (non-hydrogen) atoms. The molecule has 1 amide bonds. The highest BCUT2D eigenvalue weighted by molar-refractivity contribution is 7.12. The molecule has 0 aliphatic heterocycles. The van der Waals surface area contributed by atoms with Crippen molar-refractivity contribution in [1.82, 2.24) is 5.43 Å². The number of carbonyl (C=O) groups is 2. The van der Waals surface area contributed by atoms with E-state index in [0.29, 0.717) is 40.2 Å². The fourth-order valence-electron chi connectivity index (χ4n) is 2.99. The average Bonchev–Trinajstić information content (AvgIpc) is 3.39. The van der Waals surface area contributed by atoms with E-state index >= 15 is 0 Å². The third kappa shape index (κ3) is 7.18. The smallest absolute Gasteiger partial charge is 0.353 e. The minimum atomic E-state index is -0.445. The molecule has 0 radical (unpaired) electrons. The fraction of sp³-hybridized carbons (Fsp3) is 0.269. The van der Waals surface area contributed by atoms with Gasteiger partial charge in [-0.3, -0.25) is 4.79 Å². The number of ether oxygens (including phenoxy) is 3. The summed E-state index contributed by atoms with van der Waals surface area (Å²) >= 11 is 1.30. The molecule has 0 aliphatic carbocycles. The van der Waals surface area contributed by atoms with Crippen molar-refractivity contribution in [1.29, 1.82) is 0 Å². The Bertz CT molecular complexity index is 1110. The molecule has 0 fully saturated rings. The van der Waals surface area contributed by atoms with Gasteiger partial charge in [-0.2, -0.15) is 5.10 Å². The fourth-order valence-corrected chi connectivity index (χ4v) is 3.59. The lowest BCUT2D eigenvalue weighted by atomic mass is 9.99. The summed E-state index contributed by atoms with van der Waals surface area (Å²) in [6.07, 6.45) is 2.54. The van der Waals surface area contributed by atoms with Crippen LogP contribution in [0.3, 0.4) is 0 Å². The van der Waals surface area contributed by atoms with E-state index in [1.165, 1.54) is 23.1 Å². The Kier molecular flexibility index (Phi) is 9.22. The largest absolute Gasteiger partial charge is 0.490 e. The van der Waals surface area contributed by atoms with E-state index < -0.39 is 5.97 Å². The molecule has 3 aromatic rings. The number of hydrazone groups is 1. The van der Waals surface area contributed by atoms with Crippen molar-refractivity contribution in [2.75, 3.05) is 13.2 Å². The molecule has 1 aromatic heterocycles. The molecule has 0 bridgehead atoms. The first kappa shape index (κ1) is 25.0. The summed E-state index contributed by atoms with van der Waals surface area (Å²) in [4.78, 5) is 24.8. The van der Waals surface area contributed by atoms with Gasteiger partial charge in [0.15, 0.2) is 18.1 Å². The van der Waals surface area contributed by atoms with E-state index in [0.717, 1.165) is 6.42 Å². The van der Waals surface area contributed by atoms with Crippen molar-refractivity contribution >= 4 is 29.4 Å². The Morgan fingerprint density at radius 3 is 2.53 bits per heavy atom. The maximum Gasteiger partial charge on any atom is 0.353 e. The molecular weight excluding hydrogens is 452 g/mol. The van der Waals surface area contributed by atoms with Crippen LogP contribution in [-0.2, 0) is 4.79 Å². The maximum absolute atomic E-state index is 12.2. The van der Waals surface area contributed by atoms with Gasteiger partial charge in [0, 0.05) is 0 Å². The molecular formula is C26H28N2O5S. The molecule has 0 aliphatic rings. The van der Waals surface area contributed by atoms with Crippen molar-refractivity contribution in [2.45, 2.75) is 33.1 Å². The summed E-state index contributed by atoms with van der Waals surface area (Å²) in [5.41, 5.74) is 4.34. The molecule has 0 spiro atoms. The van der Waals surface area contributed by atoms with Crippen LogP contribution in [0.5, 0.6) is 17.2 Å². The van der Waals surface area contributed by atoms with Crippen LogP contribution in [-0.4, -0.2) is 31.3 Å². The number of benzene rings is 2. The second-order valence-electron chi connectivity index (χ2n) is 7.47. The van der Waals surface area contributed by atoms with E-state index in [9.17, 15) is 9.59 Å². The number of nitrogens with zero attached hydrogens (tertiary/aromatic N) is 1. The second kappa shape index (κ2) is 12.6. The van der Waals surface area contributed by atoms with E-state index in [1.807, 2.05) is 36.6 Å². The molecule has 0 saturated carbocycles. The predicted octanol–water partition coefficient (Wildman–Crippen LogP) is 5.41. The lowest BCUT2D eigenvalue weighted by molar-refractivity contribution is -0.123. The highest BCUT2D eigenvalue weighted by atomic mass is 32.1. The Labute approximate surface area is 203 Å². The standard InChI is InChI=1S/C26H28N2O5S/c1-4-18(3)20-9-11-21(12-10-20)32-17-25(29)28-27-16-19-8-13-22(23(15-19)31-5-2)33-26(30)24-7-6-14-34-24/h6-16,18H,4-5,17H2,1-3H3,(H,28,29)/b27-16+/t18-/m0/s1. The number of rotatable bonds is 11. The van der Waals surface area contributed by atoms with Gasteiger partial charge in [-0.1, -0.05) is 32.0 Å². The van der Waals surface area contributed by atoms with Crippen LogP contribution in [0.1, 0.15) is 53.9 Å². The molecule has 8 heteroatoms. The van der Waals surface area contributed by atoms with Crippen LogP contribution in [0, 0.1) is 0 Å². The first-order valence-electron chi connectivity index (χ1n) is 11.1. The molecule has 7 nitrogen and oxygen atoms in total. The number of carbonyl (C=O) groups excluding carboxylic acids is 2. The van der Waals surface area contributed by atoms with Crippen LogP contribution in [0.15, 0.2) is 65.1 Å². The van der Waals surface area contributed by atoms with E-state index in [4.69, 9.17) is 14.2 Å². The van der Waals surface area contributed by atoms with Crippen molar-refractivity contribution < 1.29 is 23.8 Å². The highest BCUT2D eigenvalue weighted by Gasteiger charge is 2.14. The number of esters is 1. The molecule has 1 atom stereocenters. The number of hydrogen-bond donors (Lipinski definition) is 1. The predicted molar refractivity (Wildman–Crippen MR) is 133 cm³/mol. The Hall–Kier alpha value is -3.65. The molecule has 2 aromatic carbocycles. The van der Waals surface area contributed by atoms with Gasteiger partial charge < -0.3 is 14.2 Å². The van der Waals surface area contributed by atoms with Gasteiger partial charge >= 0.3 is 5.97 Å². The Morgan fingerprint density at radius 1 is 1.06 bits per heavy atom. The minimum Gasteiger partial charge on any atom is -0.490 e. The van der Waals surface area contributed by atoms with Crippen molar-refractivity contribution in [3.63, 3.8) is 0 Å². The molecule has 178 valence electrons. The van der Waals surface area contributed by atoms with E-state index in [-0.39, 0.29) is 12.5 Å². The maximum atomic E-state index is 12.2. The summed E-state index contributed by atoms with van der Waals surface area (Å²) < 4.78 is 16.6. The number of thiophene rings is 1. The Morgan fingerprint density at radius 2 is 1.85 bits per heavy atom. The first-order chi connectivity index (χ1) is 16.5. The second-order valence-corrected chi connectivity index (χ2v) is 8.41. The summed E-state index contributed by atoms with van der Waals surface area (Å²) in [6, 6.07) is 16.3. The van der Waals surface area contributed by atoms with Crippen LogP contribution in [0.25, 0.3) is 0 Å². The lowest BCUT2D eigenvalue weighted by Crippen LogP contribution is -2.24. The lowest BCUT2D eigenvalue weighted by Gasteiger charge is -2.11. The monoisotopic (exact) mass is 480 g/mol. The topological polar surface area (TPSA) is 86.2 Å². The van der Waals surface area contributed by atoms with E-state index in [1.54, 1.807) is 30.3 Å². The molecule has 1 heterocycles. The summed E-state index contributed by atoms with van der Waals surface area (Å²) in [5, 5.41) is 5.78. The van der Waals surface area contributed by atoms with Crippen LogP contribution < -0.4 is 19.6 Å². The zero-order chi connectivity index (χ0) is 24.3. The van der Waals surface area contributed by atoms with Gasteiger partial charge in [0.05, 0.1) is 12.8 Å². The van der Waals surface area contributed by atoms with Crippen LogP contribution >= 0.6 is 11.3 Å². The van der Waals surface area contributed by atoms with Crippen molar-refractivity contribution in [3.05, 3.63) is 76.0 Å². The zero-order valence-corrected chi connectivity index (χ0v) is 20.3. The summed E-state index contributed by atoms with van der Waals surface area (Å²) in [6.45, 7) is 6.40. The van der Waals surface area contributed by atoms with Gasteiger partial charge in [-0.25, -0.2) is 10.2 Å². The normalized spacial score (nSPS) is 11.7. The SMILES string of the molecule is CCOc1cc(/C=N/NC(=O)COc2ccc([C@@H](C)CC)cc2)ccc1OC(=O)c1cccs1. The first-order valence-corrected chi connectivity index (χ1v) is 11.9. The summed E-state index contributed by atoms with van der Waals surface area (Å²) in [7, 11) is 0. The van der Waals surface area contributed by atoms with Gasteiger partial charge in [-0.05, 0) is 72.2 Å². The summed E-state index contributed by atoms with van der Waals surface area (Å²) in [5.74, 6) is 1.01. The average molecular weight is 481 g/mol. The Balaban J connectivity index is 1.53. The van der Waals surface area contributed by atoms with E-state index in [2.05, 4.69) is 24.4 Å². The van der Waals surface area contributed by atoms with Crippen molar-refractivity contribution in [3.8, 4) is 17.2 Å². The van der Waals surface area contributed by atoms with Gasteiger partial charge in [0.1, 0.15) is 10.6 Å². The van der Waals surface area contributed by atoms with Gasteiger partial charge in [0.2, 0.25) is 0 Å². The minimum absolute atomic E-state index is 0.151. The molecule has 0 unspecified atom stereocenters.